The molecule has 1 aromatic carbocycles. The lowest BCUT2D eigenvalue weighted by molar-refractivity contribution is -0.274. The number of carbonyl (C=O) groups excluding carboxylic acids is 1. The number of rotatable bonds is 6. The smallest absolute Gasteiger partial charge is 0.481 e. The first-order valence-electron chi connectivity index (χ1n) is 5.98. The van der Waals surface area contributed by atoms with Gasteiger partial charge in [-0.2, -0.15) is 0 Å². The van der Waals surface area contributed by atoms with Gasteiger partial charge in [-0.15, -0.1) is 13.2 Å². The molecule has 5 nitrogen and oxygen atoms in total. The van der Waals surface area contributed by atoms with E-state index >= 15 is 0 Å². The number of hydrogen-bond acceptors (Lipinski definition) is 3. The lowest BCUT2D eigenvalue weighted by atomic mass is 10.1. The Hall–Kier alpha value is -2.25. The Balaban J connectivity index is 2.55. The minimum absolute atomic E-state index is 0.0254. The van der Waals surface area contributed by atoms with E-state index in [-0.39, 0.29) is 31.0 Å². The predicted molar refractivity (Wildman–Crippen MR) is 66.7 cm³/mol. The van der Waals surface area contributed by atoms with Gasteiger partial charge in [-0.1, -0.05) is 12.1 Å². The Morgan fingerprint density at radius 1 is 1.24 bits per heavy atom. The van der Waals surface area contributed by atoms with Crippen molar-refractivity contribution >= 4 is 11.9 Å². The third kappa shape index (κ3) is 6.64. The molecule has 0 heterocycles. The summed E-state index contributed by atoms with van der Waals surface area (Å²) in [4.78, 5) is 23.4. The lowest BCUT2D eigenvalue weighted by Gasteiger charge is -2.16. The molecule has 1 N–H and O–H groups in total. The van der Waals surface area contributed by atoms with Crippen molar-refractivity contribution < 1.29 is 32.6 Å². The number of hydrogen-bond donors (Lipinski definition) is 1. The number of halogens is 3. The maximum Gasteiger partial charge on any atom is 0.573 e. The second kappa shape index (κ2) is 6.96. The van der Waals surface area contributed by atoms with Crippen molar-refractivity contribution in [3.63, 3.8) is 0 Å². The molecule has 1 amide bonds. The molecule has 0 atom stereocenters. The quantitative estimate of drug-likeness (QED) is 0.873. The fraction of sp³-hybridized carbons (Fsp3) is 0.385. The molecule has 0 aliphatic rings. The highest BCUT2D eigenvalue weighted by molar-refractivity contribution is 5.79. The van der Waals surface area contributed by atoms with Crippen LogP contribution in [0, 0.1) is 0 Å². The third-order valence-electron chi connectivity index (χ3n) is 2.60. The van der Waals surface area contributed by atoms with E-state index in [0.29, 0.717) is 5.56 Å². The van der Waals surface area contributed by atoms with Crippen LogP contribution in [0.2, 0.25) is 0 Å². The second-order valence-corrected chi connectivity index (χ2v) is 4.33. The van der Waals surface area contributed by atoms with Crippen LogP contribution < -0.4 is 4.74 Å². The van der Waals surface area contributed by atoms with Crippen molar-refractivity contribution in [3.05, 3.63) is 29.8 Å². The predicted octanol–water partition coefficient (Wildman–Crippen LogP) is 2.06. The molecule has 0 unspecified atom stereocenters. The van der Waals surface area contributed by atoms with Crippen molar-refractivity contribution in [3.8, 4) is 5.75 Å². The molecule has 1 aromatic rings. The summed E-state index contributed by atoms with van der Waals surface area (Å²) >= 11 is 0. The van der Waals surface area contributed by atoms with Crippen LogP contribution in [0.5, 0.6) is 5.75 Å². The zero-order valence-corrected chi connectivity index (χ0v) is 11.2. The highest BCUT2D eigenvalue weighted by Gasteiger charge is 2.30. The first-order chi connectivity index (χ1) is 9.67. The van der Waals surface area contributed by atoms with E-state index in [0.717, 1.165) is 12.1 Å². The summed E-state index contributed by atoms with van der Waals surface area (Å²) in [6.45, 7) is 0.0729. The zero-order valence-electron chi connectivity index (χ0n) is 11.2. The number of alkyl halides is 3. The molecule has 0 aliphatic carbocycles. The summed E-state index contributed by atoms with van der Waals surface area (Å²) < 4.78 is 39.6. The van der Waals surface area contributed by atoms with Crippen LogP contribution in [0.3, 0.4) is 0 Å². The van der Waals surface area contributed by atoms with Gasteiger partial charge in [0.25, 0.3) is 0 Å². The highest BCUT2D eigenvalue weighted by atomic mass is 19.4. The number of carbonyl (C=O) groups is 2. The molecule has 0 saturated heterocycles. The number of aliphatic carboxylic acids is 1. The van der Waals surface area contributed by atoms with Crippen LogP contribution in [0.1, 0.15) is 12.0 Å². The number of carboxylic acids is 1. The SMILES string of the molecule is CN(CCC(=O)O)C(=O)Cc1ccc(OC(F)(F)F)cc1. The largest absolute Gasteiger partial charge is 0.573 e. The van der Waals surface area contributed by atoms with Crippen LogP contribution in [0.25, 0.3) is 0 Å². The molecule has 0 aliphatic heterocycles. The van der Waals surface area contributed by atoms with Gasteiger partial charge in [-0.05, 0) is 17.7 Å². The third-order valence-corrected chi connectivity index (χ3v) is 2.60. The van der Waals surface area contributed by atoms with E-state index in [1.165, 1.54) is 24.1 Å². The maximum absolute atomic E-state index is 12.0. The van der Waals surface area contributed by atoms with Crippen molar-refractivity contribution in [1.29, 1.82) is 0 Å². The van der Waals surface area contributed by atoms with E-state index in [4.69, 9.17) is 5.11 Å². The van der Waals surface area contributed by atoms with Gasteiger partial charge in [-0.25, -0.2) is 0 Å². The Morgan fingerprint density at radius 2 is 1.81 bits per heavy atom. The van der Waals surface area contributed by atoms with E-state index in [9.17, 15) is 22.8 Å². The summed E-state index contributed by atoms with van der Waals surface area (Å²) in [5.74, 6) is -1.69. The number of nitrogens with zero attached hydrogens (tertiary/aromatic N) is 1. The standard InChI is InChI=1S/C13H14F3NO4/c1-17(7-6-12(19)20)11(18)8-9-2-4-10(5-3-9)21-13(14,15)16/h2-5H,6-8H2,1H3,(H,19,20). The van der Waals surface area contributed by atoms with Gasteiger partial charge < -0.3 is 14.7 Å². The van der Waals surface area contributed by atoms with Gasteiger partial charge in [0.1, 0.15) is 5.75 Å². The molecule has 0 aromatic heterocycles. The fourth-order valence-electron chi connectivity index (χ4n) is 1.51. The molecule has 1 rings (SSSR count). The number of amides is 1. The molecule has 21 heavy (non-hydrogen) atoms. The van der Waals surface area contributed by atoms with Gasteiger partial charge in [0.2, 0.25) is 5.91 Å². The molecule has 8 heteroatoms. The summed E-state index contributed by atoms with van der Waals surface area (Å²) in [7, 11) is 1.46. The maximum atomic E-state index is 12.0. The highest BCUT2D eigenvalue weighted by Crippen LogP contribution is 2.22. The summed E-state index contributed by atoms with van der Waals surface area (Å²) in [6.07, 6.45) is -4.95. The average Bonchev–Trinajstić information content (AvgIpc) is 2.36. The molecule has 0 bridgehead atoms. The van der Waals surface area contributed by atoms with E-state index in [1.54, 1.807) is 0 Å². The molecule has 0 saturated carbocycles. The minimum Gasteiger partial charge on any atom is -0.481 e. The van der Waals surface area contributed by atoms with Crippen LogP contribution in [0.15, 0.2) is 24.3 Å². The lowest BCUT2D eigenvalue weighted by Crippen LogP contribution is -2.30. The van der Waals surface area contributed by atoms with Crippen LogP contribution in [-0.2, 0) is 16.0 Å². The Kier molecular flexibility index (Phi) is 5.57. The molecular formula is C13H14F3NO4. The van der Waals surface area contributed by atoms with E-state index < -0.39 is 12.3 Å². The fourth-order valence-corrected chi connectivity index (χ4v) is 1.51. The average molecular weight is 305 g/mol. The topological polar surface area (TPSA) is 66.8 Å². The zero-order chi connectivity index (χ0) is 16.0. The molecular weight excluding hydrogens is 291 g/mol. The van der Waals surface area contributed by atoms with Crippen molar-refractivity contribution in [1.82, 2.24) is 4.90 Å². The second-order valence-electron chi connectivity index (χ2n) is 4.33. The van der Waals surface area contributed by atoms with Gasteiger partial charge in [-0.3, -0.25) is 9.59 Å². The summed E-state index contributed by atoms with van der Waals surface area (Å²) in [6, 6.07) is 4.94. The van der Waals surface area contributed by atoms with Crippen LogP contribution in [-0.4, -0.2) is 41.8 Å². The number of ether oxygens (including phenoxy) is 1. The number of likely N-dealkylation sites (N-methyl/N-ethyl adjacent to an activating group) is 1. The molecule has 0 spiro atoms. The summed E-state index contributed by atoms with van der Waals surface area (Å²) in [5, 5.41) is 8.51. The number of carboxylic acid groups (broad SMARTS) is 1. The summed E-state index contributed by atoms with van der Waals surface area (Å²) in [5.41, 5.74) is 0.511. The van der Waals surface area contributed by atoms with E-state index in [1.807, 2.05) is 0 Å². The molecule has 116 valence electrons. The normalized spacial score (nSPS) is 11.0. The van der Waals surface area contributed by atoms with Gasteiger partial charge in [0.15, 0.2) is 0 Å². The molecule has 0 fully saturated rings. The molecule has 0 radical (unpaired) electrons. The number of benzene rings is 1. The monoisotopic (exact) mass is 305 g/mol. The Bertz CT molecular complexity index is 499. The van der Waals surface area contributed by atoms with Gasteiger partial charge in [0.05, 0.1) is 12.8 Å². The van der Waals surface area contributed by atoms with Crippen molar-refractivity contribution in [2.75, 3.05) is 13.6 Å². The first kappa shape index (κ1) is 16.8. The minimum atomic E-state index is -4.76. The van der Waals surface area contributed by atoms with Gasteiger partial charge in [0, 0.05) is 13.6 Å². The van der Waals surface area contributed by atoms with Crippen LogP contribution in [0.4, 0.5) is 13.2 Å². The van der Waals surface area contributed by atoms with Crippen molar-refractivity contribution in [2.45, 2.75) is 19.2 Å². The Morgan fingerprint density at radius 3 is 2.29 bits per heavy atom. The Labute approximate surface area is 118 Å². The van der Waals surface area contributed by atoms with Crippen LogP contribution >= 0.6 is 0 Å². The van der Waals surface area contributed by atoms with Gasteiger partial charge >= 0.3 is 12.3 Å². The van der Waals surface area contributed by atoms with Crippen molar-refractivity contribution in [2.24, 2.45) is 0 Å². The first-order valence-corrected chi connectivity index (χ1v) is 5.98. The van der Waals surface area contributed by atoms with E-state index in [2.05, 4.69) is 4.74 Å².